The number of para-hydroxylation sites is 1. The quantitative estimate of drug-likeness (QED) is 0.578. The summed E-state index contributed by atoms with van der Waals surface area (Å²) in [5, 5.41) is 5.14. The summed E-state index contributed by atoms with van der Waals surface area (Å²) in [5.74, 6) is -0.253. The Morgan fingerprint density at radius 3 is 2.40 bits per heavy atom. The van der Waals surface area contributed by atoms with Crippen LogP contribution >= 0.6 is 11.3 Å². The smallest absolute Gasteiger partial charge is 0.295 e. The van der Waals surface area contributed by atoms with Crippen LogP contribution in [0.4, 0.5) is 5.69 Å². The second-order valence-electron chi connectivity index (χ2n) is 7.80. The Balaban J connectivity index is 1.82. The maximum Gasteiger partial charge on any atom is 0.295 e. The van der Waals surface area contributed by atoms with Crippen molar-refractivity contribution in [2.75, 3.05) is 4.90 Å². The van der Waals surface area contributed by atoms with Gasteiger partial charge < -0.3 is 9.73 Å². The third-order valence-electron chi connectivity index (χ3n) is 5.65. The summed E-state index contributed by atoms with van der Waals surface area (Å²) in [7, 11) is 0. The molecule has 1 aliphatic rings. The molecule has 0 bridgehead atoms. The molecule has 6 heteroatoms. The minimum atomic E-state index is -0.761. The summed E-state index contributed by atoms with van der Waals surface area (Å²) in [6.45, 7) is 3.93. The molecule has 4 rings (SSSR count). The van der Waals surface area contributed by atoms with Crippen LogP contribution in [-0.2, 0) is 4.79 Å². The molecule has 1 N–H and O–H groups in total. The topological polar surface area (TPSA) is 62.6 Å². The average molecular weight is 423 g/mol. The zero-order chi connectivity index (χ0) is 21.1. The highest BCUT2D eigenvalue weighted by Gasteiger charge is 2.37. The van der Waals surface area contributed by atoms with Crippen molar-refractivity contribution in [1.82, 2.24) is 5.32 Å². The monoisotopic (exact) mass is 422 g/mol. The van der Waals surface area contributed by atoms with Crippen LogP contribution in [0, 0.1) is 13.8 Å². The van der Waals surface area contributed by atoms with Gasteiger partial charge in [0.25, 0.3) is 5.91 Å². The van der Waals surface area contributed by atoms with E-state index in [1.807, 2.05) is 49.6 Å². The van der Waals surface area contributed by atoms with Gasteiger partial charge in [-0.1, -0.05) is 37.1 Å². The van der Waals surface area contributed by atoms with Gasteiger partial charge in [0.05, 0.1) is 12.0 Å². The Hall–Kier alpha value is -2.86. The third-order valence-corrected chi connectivity index (χ3v) is 6.58. The second-order valence-corrected chi connectivity index (χ2v) is 8.78. The number of amides is 2. The summed E-state index contributed by atoms with van der Waals surface area (Å²) in [4.78, 5) is 29.7. The van der Waals surface area contributed by atoms with E-state index in [2.05, 4.69) is 5.32 Å². The Labute approximate surface area is 180 Å². The number of rotatable bonds is 6. The van der Waals surface area contributed by atoms with Crippen LogP contribution in [0.25, 0.3) is 0 Å². The highest BCUT2D eigenvalue weighted by atomic mass is 32.1. The van der Waals surface area contributed by atoms with Crippen molar-refractivity contribution in [3.63, 3.8) is 0 Å². The van der Waals surface area contributed by atoms with Crippen LogP contribution in [0.15, 0.2) is 58.5 Å². The molecule has 2 amide bonds. The SMILES string of the molecule is Cc1cccc(C)c1N(C(=O)c1ccco1)[C@H](C(=O)NC1CCCC1)c1cccs1. The van der Waals surface area contributed by atoms with Crippen LogP contribution in [0.1, 0.15) is 58.3 Å². The Morgan fingerprint density at radius 1 is 1.07 bits per heavy atom. The molecule has 156 valence electrons. The van der Waals surface area contributed by atoms with Gasteiger partial charge >= 0.3 is 0 Å². The van der Waals surface area contributed by atoms with E-state index in [1.54, 1.807) is 17.0 Å². The molecule has 2 heterocycles. The van der Waals surface area contributed by atoms with E-state index in [1.165, 1.54) is 17.6 Å². The van der Waals surface area contributed by atoms with Crippen molar-refractivity contribution in [2.45, 2.75) is 51.6 Å². The number of anilines is 1. The van der Waals surface area contributed by atoms with Crippen LogP contribution in [0.5, 0.6) is 0 Å². The number of hydrogen-bond donors (Lipinski definition) is 1. The standard InChI is InChI=1S/C24H26N2O3S/c1-16-8-5-9-17(2)21(16)26(24(28)19-12-6-14-29-19)22(20-13-7-15-30-20)23(27)25-18-10-3-4-11-18/h5-9,12-15,18,22H,3-4,10-11H2,1-2H3,(H,25,27)/t22-/m0/s1. The zero-order valence-corrected chi connectivity index (χ0v) is 18.1. The number of nitrogens with zero attached hydrogens (tertiary/aromatic N) is 1. The van der Waals surface area contributed by atoms with E-state index in [-0.39, 0.29) is 23.6 Å². The molecule has 0 unspecified atom stereocenters. The van der Waals surface area contributed by atoms with Gasteiger partial charge in [-0.25, -0.2) is 0 Å². The van der Waals surface area contributed by atoms with Gasteiger partial charge in [-0.3, -0.25) is 14.5 Å². The molecule has 0 spiro atoms. The molecule has 1 fully saturated rings. The fourth-order valence-corrected chi connectivity index (χ4v) is 5.04. The first-order valence-electron chi connectivity index (χ1n) is 10.3. The molecule has 0 radical (unpaired) electrons. The molecular weight excluding hydrogens is 396 g/mol. The molecule has 3 aromatic rings. The molecule has 1 atom stereocenters. The summed E-state index contributed by atoms with van der Waals surface area (Å²) in [6.07, 6.45) is 5.70. The fourth-order valence-electron chi connectivity index (χ4n) is 4.22. The van der Waals surface area contributed by atoms with Crippen molar-refractivity contribution < 1.29 is 14.0 Å². The normalized spacial score (nSPS) is 15.1. The van der Waals surface area contributed by atoms with Crippen molar-refractivity contribution in [2.24, 2.45) is 0 Å². The summed E-state index contributed by atoms with van der Waals surface area (Å²) in [6, 6.07) is 12.5. The van der Waals surface area contributed by atoms with E-state index in [4.69, 9.17) is 4.42 Å². The highest BCUT2D eigenvalue weighted by molar-refractivity contribution is 7.10. The van der Waals surface area contributed by atoms with Gasteiger partial charge in [0.1, 0.15) is 0 Å². The minimum Gasteiger partial charge on any atom is -0.459 e. The molecule has 2 aromatic heterocycles. The average Bonchev–Trinajstić information content (AvgIpc) is 3.49. The fraction of sp³-hybridized carbons (Fsp3) is 0.333. The number of hydrogen-bond acceptors (Lipinski definition) is 4. The molecule has 30 heavy (non-hydrogen) atoms. The van der Waals surface area contributed by atoms with Crippen molar-refractivity contribution in [3.05, 3.63) is 75.9 Å². The van der Waals surface area contributed by atoms with Gasteiger partial charge in [0.2, 0.25) is 5.91 Å². The highest BCUT2D eigenvalue weighted by Crippen LogP contribution is 2.36. The largest absolute Gasteiger partial charge is 0.459 e. The third kappa shape index (κ3) is 4.05. The summed E-state index contributed by atoms with van der Waals surface area (Å²) in [5.41, 5.74) is 2.62. The molecule has 1 aliphatic carbocycles. The zero-order valence-electron chi connectivity index (χ0n) is 17.3. The van der Waals surface area contributed by atoms with Crippen LogP contribution in [0.3, 0.4) is 0 Å². The van der Waals surface area contributed by atoms with Crippen LogP contribution in [-0.4, -0.2) is 17.9 Å². The second kappa shape index (κ2) is 8.88. The molecule has 1 aromatic carbocycles. The van der Waals surface area contributed by atoms with E-state index in [0.29, 0.717) is 0 Å². The van der Waals surface area contributed by atoms with Gasteiger partial charge in [-0.2, -0.15) is 0 Å². The van der Waals surface area contributed by atoms with E-state index in [9.17, 15) is 9.59 Å². The predicted molar refractivity (Wildman–Crippen MR) is 119 cm³/mol. The van der Waals surface area contributed by atoms with E-state index in [0.717, 1.165) is 47.4 Å². The number of carbonyl (C=O) groups is 2. The predicted octanol–water partition coefficient (Wildman–Crippen LogP) is 5.40. The van der Waals surface area contributed by atoms with Crippen LogP contribution in [0.2, 0.25) is 0 Å². The number of thiophene rings is 1. The Morgan fingerprint density at radius 2 is 1.80 bits per heavy atom. The maximum atomic E-state index is 13.6. The Bertz CT molecular complexity index is 985. The number of nitrogens with one attached hydrogen (secondary N) is 1. The van der Waals surface area contributed by atoms with Gasteiger partial charge in [0.15, 0.2) is 11.8 Å². The minimum absolute atomic E-state index is 0.146. The van der Waals surface area contributed by atoms with Crippen LogP contribution < -0.4 is 10.2 Å². The lowest BCUT2D eigenvalue weighted by Gasteiger charge is -2.33. The van der Waals surface area contributed by atoms with Crippen molar-refractivity contribution in [3.8, 4) is 0 Å². The van der Waals surface area contributed by atoms with Crippen molar-refractivity contribution >= 4 is 28.8 Å². The lowest BCUT2D eigenvalue weighted by atomic mass is 10.0. The van der Waals surface area contributed by atoms with E-state index >= 15 is 0 Å². The number of carbonyl (C=O) groups excluding carboxylic acids is 2. The maximum absolute atomic E-state index is 13.6. The van der Waals surface area contributed by atoms with E-state index < -0.39 is 6.04 Å². The lowest BCUT2D eigenvalue weighted by Crippen LogP contribution is -2.46. The number of aryl methyl sites for hydroxylation is 2. The molecule has 0 saturated heterocycles. The lowest BCUT2D eigenvalue weighted by molar-refractivity contribution is -0.123. The van der Waals surface area contributed by atoms with Gasteiger partial charge in [0, 0.05) is 10.9 Å². The number of benzene rings is 1. The number of furan rings is 1. The first-order chi connectivity index (χ1) is 14.6. The summed E-state index contributed by atoms with van der Waals surface area (Å²) >= 11 is 1.48. The van der Waals surface area contributed by atoms with Crippen molar-refractivity contribution in [1.29, 1.82) is 0 Å². The van der Waals surface area contributed by atoms with Gasteiger partial charge in [-0.15, -0.1) is 11.3 Å². The molecule has 5 nitrogen and oxygen atoms in total. The Kier molecular flexibility index (Phi) is 6.04. The molecule has 0 aliphatic heterocycles. The first kappa shape index (κ1) is 20.4. The summed E-state index contributed by atoms with van der Waals surface area (Å²) < 4.78 is 5.44. The first-order valence-corrected chi connectivity index (χ1v) is 11.2. The van der Waals surface area contributed by atoms with Gasteiger partial charge in [-0.05, 0) is 61.4 Å². The molecule has 1 saturated carbocycles. The molecular formula is C24H26N2O3S.